The highest BCUT2D eigenvalue weighted by molar-refractivity contribution is 6.67. The molecule has 0 radical (unpaired) electrons. The molecule has 0 aliphatic carbocycles. The minimum absolute atomic E-state index is 0.450. The number of benzene rings is 1. The number of nitrogens with zero attached hydrogens (tertiary/aromatic N) is 2. The van der Waals surface area contributed by atoms with E-state index in [-0.39, 0.29) is 0 Å². The predicted molar refractivity (Wildman–Crippen MR) is 62.5 cm³/mol. The van der Waals surface area contributed by atoms with Crippen LogP contribution in [0.5, 0.6) is 0 Å². The summed E-state index contributed by atoms with van der Waals surface area (Å²) >= 11 is 5.43. The third kappa shape index (κ3) is 1.58. The van der Waals surface area contributed by atoms with Crippen LogP contribution < -0.4 is 0 Å². The van der Waals surface area contributed by atoms with Gasteiger partial charge in [0.05, 0.1) is 11.1 Å². The number of hydrogen-bond donors (Lipinski definition) is 0. The van der Waals surface area contributed by atoms with E-state index in [4.69, 9.17) is 16.9 Å². The molecule has 0 saturated heterocycles. The predicted octanol–water partition coefficient (Wildman–Crippen LogP) is 2.91. The van der Waals surface area contributed by atoms with Crippen molar-refractivity contribution >= 4 is 27.7 Å². The quantitative estimate of drug-likeness (QED) is 0.748. The van der Waals surface area contributed by atoms with Gasteiger partial charge in [-0.15, -0.1) is 0 Å². The number of aryl methyl sites for hydroxylation is 1. The molecule has 3 nitrogen and oxygen atoms in total. The first-order valence-electron chi connectivity index (χ1n) is 4.90. The second-order valence-electron chi connectivity index (χ2n) is 3.45. The lowest BCUT2D eigenvalue weighted by Crippen LogP contribution is -1.93. The maximum atomic E-state index is 11.1. The maximum absolute atomic E-state index is 11.1. The summed E-state index contributed by atoms with van der Waals surface area (Å²) < 4.78 is 1.93. The van der Waals surface area contributed by atoms with Crippen LogP contribution in [0.15, 0.2) is 24.4 Å². The minimum atomic E-state index is -0.482. The molecule has 0 unspecified atom stereocenters. The molecule has 2 rings (SSSR count). The van der Waals surface area contributed by atoms with Crippen LogP contribution >= 0.6 is 11.6 Å². The number of rotatable bonds is 2. The number of nitriles is 1. The van der Waals surface area contributed by atoms with E-state index < -0.39 is 5.24 Å². The standard InChI is InChI=1S/C12H9ClN2O/c1-2-15-7-9(6-14)10-4-3-8(12(13)16)5-11(10)15/h3-5,7H,2H2,1H3. The summed E-state index contributed by atoms with van der Waals surface area (Å²) in [7, 11) is 0. The summed E-state index contributed by atoms with van der Waals surface area (Å²) in [6.45, 7) is 2.73. The molecular weight excluding hydrogens is 224 g/mol. The van der Waals surface area contributed by atoms with Gasteiger partial charge in [0.1, 0.15) is 6.07 Å². The van der Waals surface area contributed by atoms with E-state index in [0.717, 1.165) is 17.4 Å². The van der Waals surface area contributed by atoms with Crippen molar-refractivity contribution in [2.45, 2.75) is 13.5 Å². The van der Waals surface area contributed by atoms with E-state index in [1.807, 2.05) is 11.5 Å². The number of halogens is 1. The SMILES string of the molecule is CCn1cc(C#N)c2ccc(C(=O)Cl)cc21. The molecule has 1 aromatic heterocycles. The van der Waals surface area contributed by atoms with E-state index in [2.05, 4.69) is 6.07 Å². The molecule has 0 fully saturated rings. The van der Waals surface area contributed by atoms with Crippen LogP contribution in [0.3, 0.4) is 0 Å². The number of fused-ring (bicyclic) bond motifs is 1. The Labute approximate surface area is 97.8 Å². The van der Waals surface area contributed by atoms with Gasteiger partial charge in [0, 0.05) is 23.7 Å². The fourth-order valence-corrected chi connectivity index (χ4v) is 1.88. The zero-order valence-corrected chi connectivity index (χ0v) is 9.45. The van der Waals surface area contributed by atoms with E-state index in [1.54, 1.807) is 24.4 Å². The van der Waals surface area contributed by atoms with E-state index in [0.29, 0.717) is 11.1 Å². The minimum Gasteiger partial charge on any atom is -0.346 e. The Morgan fingerprint density at radius 3 is 2.88 bits per heavy atom. The van der Waals surface area contributed by atoms with Crippen LogP contribution in [0.2, 0.25) is 0 Å². The molecule has 2 aromatic rings. The molecule has 1 heterocycles. The Bertz CT molecular complexity index is 607. The second kappa shape index (κ2) is 3.99. The smallest absolute Gasteiger partial charge is 0.252 e. The lowest BCUT2D eigenvalue weighted by molar-refractivity contribution is 0.108. The summed E-state index contributed by atoms with van der Waals surface area (Å²) in [5.74, 6) is 0. The molecule has 4 heteroatoms. The monoisotopic (exact) mass is 232 g/mol. The van der Waals surface area contributed by atoms with Crippen LogP contribution in [0, 0.1) is 11.3 Å². The normalized spacial score (nSPS) is 10.3. The third-order valence-corrected chi connectivity index (χ3v) is 2.79. The van der Waals surface area contributed by atoms with Crippen LogP contribution in [-0.2, 0) is 6.54 Å². The Balaban J connectivity index is 2.77. The van der Waals surface area contributed by atoms with Gasteiger partial charge in [-0.2, -0.15) is 5.26 Å². The first-order chi connectivity index (χ1) is 7.67. The highest BCUT2D eigenvalue weighted by Gasteiger charge is 2.10. The lowest BCUT2D eigenvalue weighted by Gasteiger charge is -2.01. The van der Waals surface area contributed by atoms with Gasteiger partial charge in [0.15, 0.2) is 0 Å². The molecule has 0 atom stereocenters. The molecule has 1 aromatic carbocycles. The van der Waals surface area contributed by atoms with Gasteiger partial charge in [-0.25, -0.2) is 0 Å². The van der Waals surface area contributed by atoms with Crippen LogP contribution in [-0.4, -0.2) is 9.81 Å². The molecule has 0 bridgehead atoms. The number of hydrogen-bond acceptors (Lipinski definition) is 2. The van der Waals surface area contributed by atoms with Gasteiger partial charge in [-0.1, -0.05) is 6.07 Å². The summed E-state index contributed by atoms with van der Waals surface area (Å²) in [6.07, 6.45) is 1.78. The van der Waals surface area contributed by atoms with Crippen molar-refractivity contribution < 1.29 is 4.79 Å². The van der Waals surface area contributed by atoms with Crippen molar-refractivity contribution in [1.82, 2.24) is 4.57 Å². The molecule has 0 aliphatic rings. The number of aromatic nitrogens is 1. The van der Waals surface area contributed by atoms with Gasteiger partial charge in [0.25, 0.3) is 5.24 Å². The average molecular weight is 233 g/mol. The molecule has 16 heavy (non-hydrogen) atoms. The van der Waals surface area contributed by atoms with E-state index >= 15 is 0 Å². The molecule has 0 saturated carbocycles. The fourth-order valence-electron chi connectivity index (χ4n) is 1.76. The van der Waals surface area contributed by atoms with Crippen molar-refractivity contribution in [1.29, 1.82) is 5.26 Å². The van der Waals surface area contributed by atoms with Crippen LogP contribution in [0.1, 0.15) is 22.8 Å². The summed E-state index contributed by atoms with van der Waals surface area (Å²) in [5, 5.41) is 9.34. The molecule has 0 spiro atoms. The van der Waals surface area contributed by atoms with E-state index in [9.17, 15) is 4.79 Å². The van der Waals surface area contributed by atoms with Gasteiger partial charge in [-0.3, -0.25) is 4.79 Å². The molecule has 0 N–H and O–H groups in total. The molecule has 0 amide bonds. The Kier molecular flexibility index (Phi) is 2.67. The maximum Gasteiger partial charge on any atom is 0.252 e. The summed E-state index contributed by atoms with van der Waals surface area (Å²) in [5.41, 5.74) is 1.93. The summed E-state index contributed by atoms with van der Waals surface area (Å²) in [4.78, 5) is 11.1. The Morgan fingerprint density at radius 2 is 2.31 bits per heavy atom. The van der Waals surface area contributed by atoms with Crippen molar-refractivity contribution in [3.05, 3.63) is 35.5 Å². The second-order valence-corrected chi connectivity index (χ2v) is 3.79. The molecular formula is C12H9ClN2O. The Morgan fingerprint density at radius 1 is 1.56 bits per heavy atom. The highest BCUT2D eigenvalue weighted by atomic mass is 35.5. The van der Waals surface area contributed by atoms with Crippen molar-refractivity contribution in [2.75, 3.05) is 0 Å². The van der Waals surface area contributed by atoms with Gasteiger partial charge < -0.3 is 4.57 Å². The average Bonchev–Trinajstić information content (AvgIpc) is 2.65. The lowest BCUT2D eigenvalue weighted by atomic mass is 10.1. The zero-order valence-electron chi connectivity index (χ0n) is 8.70. The topological polar surface area (TPSA) is 45.8 Å². The van der Waals surface area contributed by atoms with Crippen LogP contribution in [0.4, 0.5) is 0 Å². The van der Waals surface area contributed by atoms with Crippen molar-refractivity contribution in [2.24, 2.45) is 0 Å². The van der Waals surface area contributed by atoms with Crippen molar-refractivity contribution in [3.63, 3.8) is 0 Å². The fraction of sp³-hybridized carbons (Fsp3) is 0.167. The largest absolute Gasteiger partial charge is 0.346 e. The molecule has 0 aliphatic heterocycles. The first kappa shape index (κ1) is 10.7. The first-order valence-corrected chi connectivity index (χ1v) is 5.28. The van der Waals surface area contributed by atoms with Crippen LogP contribution in [0.25, 0.3) is 10.9 Å². The number of carbonyl (C=O) groups is 1. The number of carbonyl (C=O) groups excluding carboxylic acids is 1. The van der Waals surface area contributed by atoms with Crippen molar-refractivity contribution in [3.8, 4) is 6.07 Å². The zero-order chi connectivity index (χ0) is 11.7. The van der Waals surface area contributed by atoms with Gasteiger partial charge in [0.2, 0.25) is 0 Å². The highest BCUT2D eigenvalue weighted by Crippen LogP contribution is 2.22. The summed E-state index contributed by atoms with van der Waals surface area (Å²) in [6, 6.07) is 7.25. The third-order valence-electron chi connectivity index (χ3n) is 2.57. The van der Waals surface area contributed by atoms with E-state index in [1.165, 1.54) is 0 Å². The van der Waals surface area contributed by atoms with Gasteiger partial charge >= 0.3 is 0 Å². The molecule has 80 valence electrons. The Hall–Kier alpha value is -1.79. The van der Waals surface area contributed by atoms with Gasteiger partial charge in [-0.05, 0) is 30.7 Å².